The highest BCUT2D eigenvalue weighted by atomic mass is 16.5. The van der Waals surface area contributed by atoms with Crippen molar-refractivity contribution in [2.45, 2.75) is 6.54 Å². The zero-order chi connectivity index (χ0) is 26.6. The molecule has 10 nitrogen and oxygen atoms in total. The minimum absolute atomic E-state index is 0.124. The number of ether oxygens (including phenoxy) is 3. The summed E-state index contributed by atoms with van der Waals surface area (Å²) in [6.45, 7) is 0.296. The van der Waals surface area contributed by atoms with Gasteiger partial charge in [-0.05, 0) is 53.6 Å². The van der Waals surface area contributed by atoms with Crippen molar-refractivity contribution >= 4 is 40.1 Å². The number of para-hydroxylation sites is 2. The average Bonchev–Trinajstić information content (AvgIpc) is 3.23. The second-order valence-electron chi connectivity index (χ2n) is 8.35. The monoisotopic (exact) mass is 510 g/mol. The third-order valence-corrected chi connectivity index (χ3v) is 6.04. The van der Waals surface area contributed by atoms with Gasteiger partial charge in [0.15, 0.2) is 17.1 Å². The summed E-state index contributed by atoms with van der Waals surface area (Å²) in [5.41, 5.74) is 10.4. The standard InChI is InChI=1S/C28H26N6O4/c1-36-19-11-8-17(9-12-19)15-30-28(35)24-25-27(33-21-7-5-4-6-20(21)32-25)34(26(24)29)31-16-18-10-13-22(37-2)23(14-18)38-3/h4-14,16H,15,29H2,1-3H3,(H,30,35). The molecule has 10 heteroatoms. The number of rotatable bonds is 8. The molecule has 0 aliphatic heterocycles. The van der Waals surface area contributed by atoms with Gasteiger partial charge in [0.05, 0.1) is 38.6 Å². The summed E-state index contributed by atoms with van der Waals surface area (Å²) in [6, 6.07) is 20.2. The first-order valence-electron chi connectivity index (χ1n) is 11.8. The van der Waals surface area contributed by atoms with Crippen molar-refractivity contribution in [2.75, 3.05) is 27.1 Å². The summed E-state index contributed by atoms with van der Waals surface area (Å²) < 4.78 is 17.3. The van der Waals surface area contributed by atoms with Gasteiger partial charge in [0.2, 0.25) is 0 Å². The van der Waals surface area contributed by atoms with Crippen LogP contribution in [0.15, 0.2) is 71.8 Å². The first kappa shape index (κ1) is 24.6. The van der Waals surface area contributed by atoms with Crippen LogP contribution in [0, 0.1) is 0 Å². The zero-order valence-corrected chi connectivity index (χ0v) is 21.1. The summed E-state index contributed by atoms with van der Waals surface area (Å²) in [7, 11) is 4.74. The molecule has 0 radical (unpaired) electrons. The first-order chi connectivity index (χ1) is 18.5. The number of amides is 1. The number of hydrogen-bond donors (Lipinski definition) is 2. The molecule has 0 unspecified atom stereocenters. The molecule has 5 aromatic rings. The molecule has 192 valence electrons. The van der Waals surface area contributed by atoms with E-state index in [1.54, 1.807) is 39.7 Å². The molecule has 0 aliphatic carbocycles. The Bertz CT molecular complexity index is 1660. The minimum Gasteiger partial charge on any atom is -0.497 e. The van der Waals surface area contributed by atoms with Crippen molar-refractivity contribution in [3.63, 3.8) is 0 Å². The molecule has 38 heavy (non-hydrogen) atoms. The van der Waals surface area contributed by atoms with Crippen LogP contribution in [0.25, 0.3) is 22.2 Å². The zero-order valence-electron chi connectivity index (χ0n) is 21.1. The summed E-state index contributed by atoms with van der Waals surface area (Å²) >= 11 is 0. The lowest BCUT2D eigenvalue weighted by Crippen LogP contribution is -2.23. The van der Waals surface area contributed by atoms with Gasteiger partial charge >= 0.3 is 0 Å². The Balaban J connectivity index is 1.54. The number of nitrogens with two attached hydrogens (primary N) is 1. The Morgan fingerprint density at radius 1 is 0.947 bits per heavy atom. The molecule has 5 rings (SSSR count). The van der Waals surface area contributed by atoms with Crippen LogP contribution in [0.2, 0.25) is 0 Å². The van der Waals surface area contributed by atoms with Crippen molar-refractivity contribution < 1.29 is 19.0 Å². The van der Waals surface area contributed by atoms with Gasteiger partial charge in [-0.3, -0.25) is 4.79 Å². The van der Waals surface area contributed by atoms with Gasteiger partial charge in [-0.15, -0.1) is 0 Å². The van der Waals surface area contributed by atoms with Gasteiger partial charge in [0, 0.05) is 6.54 Å². The molecule has 1 amide bonds. The highest BCUT2D eigenvalue weighted by Crippen LogP contribution is 2.29. The van der Waals surface area contributed by atoms with Crippen molar-refractivity contribution in [1.82, 2.24) is 20.0 Å². The Hall–Kier alpha value is -5.12. The summed E-state index contributed by atoms with van der Waals surface area (Å²) in [4.78, 5) is 22.8. The lowest BCUT2D eigenvalue weighted by atomic mass is 10.2. The van der Waals surface area contributed by atoms with E-state index in [1.165, 1.54) is 4.68 Å². The molecule has 0 bridgehead atoms. The van der Waals surface area contributed by atoms with Crippen LogP contribution in [0.5, 0.6) is 17.2 Å². The highest BCUT2D eigenvalue weighted by molar-refractivity contribution is 6.10. The molecule has 3 N–H and O–H groups in total. The summed E-state index contributed by atoms with van der Waals surface area (Å²) in [5, 5.41) is 7.48. The highest BCUT2D eigenvalue weighted by Gasteiger charge is 2.24. The van der Waals surface area contributed by atoms with E-state index in [4.69, 9.17) is 29.9 Å². The topological polar surface area (TPSA) is 126 Å². The number of benzene rings is 3. The van der Waals surface area contributed by atoms with E-state index in [1.807, 2.05) is 54.6 Å². The molecule has 2 aromatic heterocycles. The Kier molecular flexibility index (Phi) is 6.77. The molecule has 3 aromatic carbocycles. The van der Waals surface area contributed by atoms with Gasteiger partial charge in [-0.1, -0.05) is 24.3 Å². The van der Waals surface area contributed by atoms with Gasteiger partial charge in [0.1, 0.15) is 22.6 Å². The number of carbonyl (C=O) groups excluding carboxylic acids is 1. The fourth-order valence-corrected chi connectivity index (χ4v) is 4.06. The Morgan fingerprint density at radius 3 is 2.34 bits per heavy atom. The largest absolute Gasteiger partial charge is 0.497 e. The van der Waals surface area contributed by atoms with Gasteiger partial charge in [-0.2, -0.15) is 9.78 Å². The van der Waals surface area contributed by atoms with Crippen LogP contribution >= 0.6 is 0 Å². The van der Waals surface area contributed by atoms with Gasteiger partial charge < -0.3 is 25.3 Å². The van der Waals surface area contributed by atoms with Crippen molar-refractivity contribution in [3.05, 3.63) is 83.4 Å². The van der Waals surface area contributed by atoms with Gasteiger partial charge in [-0.25, -0.2) is 9.97 Å². The number of fused-ring (bicyclic) bond motifs is 2. The maximum absolute atomic E-state index is 13.4. The van der Waals surface area contributed by atoms with Crippen LogP contribution in [0.3, 0.4) is 0 Å². The quantitative estimate of drug-likeness (QED) is 0.302. The lowest BCUT2D eigenvalue weighted by molar-refractivity contribution is 0.0953. The van der Waals surface area contributed by atoms with Crippen LogP contribution in [-0.4, -0.2) is 48.1 Å². The molecule has 0 aliphatic rings. The maximum atomic E-state index is 13.4. The third kappa shape index (κ3) is 4.66. The minimum atomic E-state index is -0.382. The van der Waals surface area contributed by atoms with E-state index in [9.17, 15) is 4.79 Å². The Labute approximate surface area is 218 Å². The van der Waals surface area contributed by atoms with E-state index in [0.29, 0.717) is 40.2 Å². The van der Waals surface area contributed by atoms with Crippen molar-refractivity contribution in [2.24, 2.45) is 5.10 Å². The number of methoxy groups -OCH3 is 3. The number of nitrogens with one attached hydrogen (secondary N) is 1. The molecule has 0 spiro atoms. The van der Waals surface area contributed by atoms with E-state index in [-0.39, 0.29) is 17.3 Å². The predicted octanol–water partition coefficient (Wildman–Crippen LogP) is 4.00. The average molecular weight is 511 g/mol. The maximum Gasteiger partial charge on any atom is 0.257 e. The fraction of sp³-hybridized carbons (Fsp3) is 0.143. The molecule has 0 fully saturated rings. The Morgan fingerprint density at radius 2 is 1.66 bits per heavy atom. The number of nitrogen functional groups attached to an aromatic ring is 1. The van der Waals surface area contributed by atoms with Crippen molar-refractivity contribution in [1.29, 1.82) is 0 Å². The smallest absolute Gasteiger partial charge is 0.257 e. The number of anilines is 1. The fourth-order valence-electron chi connectivity index (χ4n) is 4.06. The van der Waals surface area contributed by atoms with Gasteiger partial charge in [0.25, 0.3) is 5.91 Å². The summed E-state index contributed by atoms with van der Waals surface area (Å²) in [5.74, 6) is 1.64. The number of aromatic nitrogens is 3. The first-order valence-corrected chi connectivity index (χ1v) is 11.8. The van der Waals surface area contributed by atoms with Crippen LogP contribution in [-0.2, 0) is 6.54 Å². The molecular weight excluding hydrogens is 484 g/mol. The van der Waals surface area contributed by atoms with E-state index >= 15 is 0 Å². The molecule has 0 saturated heterocycles. The molecule has 2 heterocycles. The van der Waals surface area contributed by atoms with Crippen LogP contribution in [0.1, 0.15) is 21.5 Å². The second-order valence-corrected chi connectivity index (χ2v) is 8.35. The lowest BCUT2D eigenvalue weighted by Gasteiger charge is -2.07. The molecular formula is C28H26N6O4. The number of carbonyl (C=O) groups is 1. The SMILES string of the molecule is COc1ccc(CNC(=O)c2c(N)n(N=Cc3ccc(OC)c(OC)c3)c3nc4ccccc4nc23)cc1. The van der Waals surface area contributed by atoms with Crippen LogP contribution < -0.4 is 25.3 Å². The normalized spacial score (nSPS) is 11.2. The number of nitrogens with zero attached hydrogens (tertiary/aromatic N) is 4. The molecule has 0 atom stereocenters. The van der Waals surface area contributed by atoms with E-state index in [2.05, 4.69) is 10.4 Å². The van der Waals surface area contributed by atoms with E-state index in [0.717, 1.165) is 16.9 Å². The summed E-state index contributed by atoms with van der Waals surface area (Å²) in [6.07, 6.45) is 1.60. The number of hydrogen-bond acceptors (Lipinski definition) is 8. The predicted molar refractivity (Wildman–Crippen MR) is 146 cm³/mol. The third-order valence-electron chi connectivity index (χ3n) is 6.04. The van der Waals surface area contributed by atoms with Crippen molar-refractivity contribution in [3.8, 4) is 17.2 Å². The second kappa shape index (κ2) is 10.5. The molecule has 0 saturated carbocycles. The van der Waals surface area contributed by atoms with E-state index < -0.39 is 0 Å². The van der Waals surface area contributed by atoms with Crippen LogP contribution in [0.4, 0.5) is 5.82 Å².